The molecule has 0 radical (unpaired) electrons. The third-order valence-corrected chi connectivity index (χ3v) is 7.25. The average molecular weight is 481 g/mol. The first kappa shape index (κ1) is 26.1. The minimum absolute atomic E-state index is 0.0140. The number of ketones is 1. The van der Waals surface area contributed by atoms with Crippen LogP contribution in [-0.4, -0.2) is 22.3 Å². The van der Waals surface area contributed by atoms with E-state index >= 15 is 0 Å². The first-order chi connectivity index (χ1) is 16.4. The van der Waals surface area contributed by atoms with Crippen molar-refractivity contribution in [2.24, 2.45) is 0 Å². The summed E-state index contributed by atoms with van der Waals surface area (Å²) >= 11 is 1.32. The van der Waals surface area contributed by atoms with Crippen molar-refractivity contribution in [2.45, 2.75) is 76.9 Å². The summed E-state index contributed by atoms with van der Waals surface area (Å²) < 4.78 is 11.4. The molecule has 4 nitrogen and oxygen atoms in total. The summed E-state index contributed by atoms with van der Waals surface area (Å²) in [7, 11) is 0. The van der Waals surface area contributed by atoms with Crippen LogP contribution in [0.2, 0.25) is 0 Å². The lowest BCUT2D eigenvalue weighted by Gasteiger charge is -2.26. The zero-order chi connectivity index (χ0) is 24.4. The van der Waals surface area contributed by atoms with Crippen LogP contribution in [0.4, 0.5) is 0 Å². The molecule has 3 rings (SSSR count). The fourth-order valence-electron chi connectivity index (χ4n) is 4.03. The Kier molecular flexibility index (Phi) is 9.82. The molecule has 1 heterocycles. The van der Waals surface area contributed by atoms with E-state index in [0.29, 0.717) is 5.76 Å². The molecule has 2 aromatic rings. The lowest BCUT2D eigenvalue weighted by atomic mass is 9.99. The van der Waals surface area contributed by atoms with Gasteiger partial charge in [-0.3, -0.25) is 9.59 Å². The van der Waals surface area contributed by atoms with Crippen LogP contribution in [0.3, 0.4) is 0 Å². The maximum absolute atomic E-state index is 12.6. The number of unbranched alkanes of at least 4 members (excludes halogenated alkanes) is 5. The number of benzene rings is 2. The quantitative estimate of drug-likeness (QED) is 0.261. The summed E-state index contributed by atoms with van der Waals surface area (Å²) in [6.45, 7) is 6.29. The van der Waals surface area contributed by atoms with Crippen molar-refractivity contribution < 1.29 is 19.1 Å². The first-order valence-electron chi connectivity index (χ1n) is 12.3. The zero-order valence-corrected chi connectivity index (χ0v) is 21.4. The van der Waals surface area contributed by atoms with Gasteiger partial charge in [-0.05, 0) is 50.1 Å². The molecule has 5 heteroatoms. The fraction of sp³-hybridized carbons (Fsp3) is 0.448. The Balaban J connectivity index is 1.45. The standard InChI is InChI=1S/C29H36O4S/c1-4-5-6-7-8-9-18-29(3)27(20-28(31)34-29)32-21-24(30)19-23-12-16-26(17-13-23)33-25-14-10-22(2)11-15-25/h10-17,20H,4-9,18-19,21H2,1-3H3. The highest BCUT2D eigenvalue weighted by Crippen LogP contribution is 2.44. The summed E-state index contributed by atoms with van der Waals surface area (Å²) in [5.74, 6) is 2.14. The van der Waals surface area contributed by atoms with Gasteiger partial charge >= 0.3 is 0 Å². The van der Waals surface area contributed by atoms with E-state index in [9.17, 15) is 9.59 Å². The molecule has 1 unspecified atom stereocenters. The molecule has 182 valence electrons. The Morgan fingerprint density at radius 2 is 1.53 bits per heavy atom. The number of carbonyl (C=O) groups excluding carboxylic acids is 2. The molecule has 0 N–H and O–H groups in total. The van der Waals surface area contributed by atoms with Gasteiger partial charge in [-0.15, -0.1) is 0 Å². The van der Waals surface area contributed by atoms with E-state index in [2.05, 4.69) is 13.8 Å². The summed E-state index contributed by atoms with van der Waals surface area (Å²) in [5.41, 5.74) is 2.09. The van der Waals surface area contributed by atoms with E-state index in [0.717, 1.165) is 29.9 Å². The maximum Gasteiger partial charge on any atom is 0.216 e. The van der Waals surface area contributed by atoms with Crippen molar-refractivity contribution in [2.75, 3.05) is 6.61 Å². The normalized spacial score (nSPS) is 17.5. The number of aryl methyl sites for hydroxylation is 1. The first-order valence-corrected chi connectivity index (χ1v) is 13.1. The number of hydrogen-bond donors (Lipinski definition) is 0. The molecule has 34 heavy (non-hydrogen) atoms. The average Bonchev–Trinajstić information content (AvgIpc) is 3.10. The molecular weight excluding hydrogens is 444 g/mol. The predicted octanol–water partition coefficient (Wildman–Crippen LogP) is 7.58. The SMILES string of the molecule is CCCCCCCCC1(C)SC(=O)C=C1OCC(=O)Cc1ccc(Oc2ccc(C)cc2)cc1. The van der Waals surface area contributed by atoms with Gasteiger partial charge in [0.25, 0.3) is 0 Å². The van der Waals surface area contributed by atoms with Gasteiger partial charge < -0.3 is 9.47 Å². The van der Waals surface area contributed by atoms with Gasteiger partial charge in [0.2, 0.25) is 5.12 Å². The second kappa shape index (κ2) is 12.8. The van der Waals surface area contributed by atoms with Gasteiger partial charge in [-0.25, -0.2) is 0 Å². The van der Waals surface area contributed by atoms with Crippen molar-refractivity contribution in [1.29, 1.82) is 0 Å². The Labute approximate surface area is 208 Å². The van der Waals surface area contributed by atoms with E-state index in [1.807, 2.05) is 55.5 Å². The van der Waals surface area contributed by atoms with Gasteiger partial charge in [0.05, 0.1) is 4.75 Å². The van der Waals surface area contributed by atoms with Crippen molar-refractivity contribution >= 4 is 22.7 Å². The van der Waals surface area contributed by atoms with Crippen molar-refractivity contribution in [3.8, 4) is 11.5 Å². The predicted molar refractivity (Wildman–Crippen MR) is 139 cm³/mol. The molecule has 0 aliphatic carbocycles. The second-order valence-electron chi connectivity index (χ2n) is 9.24. The van der Waals surface area contributed by atoms with Gasteiger partial charge in [0.1, 0.15) is 23.9 Å². The van der Waals surface area contributed by atoms with Crippen LogP contribution in [-0.2, 0) is 20.7 Å². The number of ether oxygens (including phenoxy) is 2. The van der Waals surface area contributed by atoms with Crippen LogP contribution in [0.25, 0.3) is 0 Å². The summed E-state index contributed by atoms with van der Waals surface area (Å²) in [4.78, 5) is 24.6. The van der Waals surface area contributed by atoms with Crippen molar-refractivity contribution in [3.05, 3.63) is 71.5 Å². The largest absolute Gasteiger partial charge is 0.489 e. The van der Waals surface area contributed by atoms with E-state index in [1.165, 1.54) is 49.4 Å². The summed E-state index contributed by atoms with van der Waals surface area (Å²) in [6, 6.07) is 15.4. The highest BCUT2D eigenvalue weighted by Gasteiger charge is 2.39. The molecular formula is C29H36O4S. The van der Waals surface area contributed by atoms with Crippen LogP contribution in [0.5, 0.6) is 11.5 Å². The number of Topliss-reactive ketones (excluding diaryl/α,β-unsaturated/α-hetero) is 1. The lowest BCUT2D eigenvalue weighted by molar-refractivity contribution is -0.122. The van der Waals surface area contributed by atoms with E-state index in [-0.39, 0.29) is 28.7 Å². The highest BCUT2D eigenvalue weighted by atomic mass is 32.2. The van der Waals surface area contributed by atoms with Crippen LogP contribution in [0, 0.1) is 6.92 Å². The van der Waals surface area contributed by atoms with Gasteiger partial charge in [0, 0.05) is 12.5 Å². The molecule has 1 aliphatic rings. The van der Waals surface area contributed by atoms with Crippen molar-refractivity contribution in [3.63, 3.8) is 0 Å². The molecule has 0 amide bonds. The van der Waals surface area contributed by atoms with E-state index < -0.39 is 0 Å². The van der Waals surface area contributed by atoms with Gasteiger partial charge in [-0.2, -0.15) is 0 Å². The third kappa shape index (κ3) is 8.05. The van der Waals surface area contributed by atoms with Crippen LogP contribution in [0.15, 0.2) is 60.4 Å². The van der Waals surface area contributed by atoms with Crippen LogP contribution in [0.1, 0.15) is 69.9 Å². The summed E-state index contributed by atoms with van der Waals surface area (Å²) in [5, 5.41) is 0.0140. The molecule has 2 aromatic carbocycles. The fourth-order valence-corrected chi connectivity index (χ4v) is 5.10. The second-order valence-corrected chi connectivity index (χ2v) is 10.7. The number of rotatable bonds is 14. The van der Waals surface area contributed by atoms with E-state index in [4.69, 9.17) is 9.47 Å². The molecule has 0 bridgehead atoms. The Morgan fingerprint density at radius 3 is 2.21 bits per heavy atom. The molecule has 1 atom stereocenters. The smallest absolute Gasteiger partial charge is 0.216 e. The summed E-state index contributed by atoms with van der Waals surface area (Å²) in [6.07, 6.45) is 9.98. The van der Waals surface area contributed by atoms with Crippen LogP contribution < -0.4 is 4.74 Å². The van der Waals surface area contributed by atoms with Crippen molar-refractivity contribution in [1.82, 2.24) is 0 Å². The Morgan fingerprint density at radius 1 is 0.912 bits per heavy atom. The van der Waals surface area contributed by atoms with E-state index in [1.54, 1.807) is 6.08 Å². The lowest BCUT2D eigenvalue weighted by Crippen LogP contribution is -2.24. The number of hydrogen-bond acceptors (Lipinski definition) is 5. The topological polar surface area (TPSA) is 52.6 Å². The molecule has 0 saturated heterocycles. The Bertz CT molecular complexity index is 978. The molecule has 1 aliphatic heterocycles. The molecule has 0 aromatic heterocycles. The zero-order valence-electron chi connectivity index (χ0n) is 20.6. The monoisotopic (exact) mass is 480 g/mol. The number of thioether (sulfide) groups is 1. The molecule has 0 fully saturated rings. The van der Waals surface area contributed by atoms with Crippen LogP contribution >= 0.6 is 11.8 Å². The third-order valence-electron chi connectivity index (χ3n) is 6.07. The minimum Gasteiger partial charge on any atom is -0.489 e. The molecule has 0 spiro atoms. The van der Waals surface area contributed by atoms with Gasteiger partial charge in [0.15, 0.2) is 5.78 Å². The molecule has 0 saturated carbocycles. The van der Waals surface area contributed by atoms with Gasteiger partial charge in [-0.1, -0.05) is 87.0 Å². The maximum atomic E-state index is 12.6. The highest BCUT2D eigenvalue weighted by molar-refractivity contribution is 8.15. The minimum atomic E-state index is -0.364. The number of carbonyl (C=O) groups is 2. The Hall–Kier alpha value is -2.53.